The van der Waals surface area contributed by atoms with E-state index in [2.05, 4.69) is 6.58 Å². The van der Waals surface area contributed by atoms with Gasteiger partial charge in [0.2, 0.25) is 0 Å². The van der Waals surface area contributed by atoms with E-state index in [-0.39, 0.29) is 11.9 Å². The van der Waals surface area contributed by atoms with Crippen LogP contribution in [0, 0.1) is 5.92 Å². The highest BCUT2D eigenvalue weighted by atomic mass is 16.7. The average molecular weight is 196 g/mol. The zero-order valence-corrected chi connectivity index (χ0v) is 7.82. The molecule has 0 amide bonds. The molecule has 3 rings (SSSR count). The van der Waals surface area contributed by atoms with E-state index >= 15 is 0 Å². The van der Waals surface area contributed by atoms with Gasteiger partial charge in [-0.25, -0.2) is 4.79 Å². The first kappa shape index (κ1) is 9.24. The number of esters is 2. The molecule has 76 valence electrons. The van der Waals surface area contributed by atoms with Crippen LogP contribution in [0.1, 0.15) is 25.7 Å². The quantitative estimate of drug-likeness (QED) is 0.491. The van der Waals surface area contributed by atoms with Crippen molar-refractivity contribution in [1.29, 1.82) is 0 Å². The van der Waals surface area contributed by atoms with Gasteiger partial charge in [-0.05, 0) is 12.8 Å². The van der Waals surface area contributed by atoms with E-state index in [0.29, 0.717) is 12.8 Å². The number of carbonyl (C=O) groups is 2. The van der Waals surface area contributed by atoms with Crippen molar-refractivity contribution in [3.05, 3.63) is 12.7 Å². The Morgan fingerprint density at radius 2 is 2.21 bits per heavy atom. The van der Waals surface area contributed by atoms with Crippen molar-refractivity contribution in [3.63, 3.8) is 0 Å². The second-order valence-electron chi connectivity index (χ2n) is 3.73. The minimum absolute atomic E-state index is 0.0132. The van der Waals surface area contributed by atoms with Gasteiger partial charge in [-0.1, -0.05) is 6.58 Å². The molecule has 0 N–H and O–H groups in total. The molecule has 0 atom stereocenters. The molecule has 4 heteroatoms. The second-order valence-corrected chi connectivity index (χ2v) is 3.73. The first-order chi connectivity index (χ1) is 6.65. The lowest BCUT2D eigenvalue weighted by molar-refractivity contribution is -0.260. The van der Waals surface area contributed by atoms with Crippen LogP contribution in [0.3, 0.4) is 0 Å². The maximum Gasteiger partial charge on any atom is 0.333 e. The molecule has 1 saturated carbocycles. The van der Waals surface area contributed by atoms with E-state index in [9.17, 15) is 9.59 Å². The molecule has 0 radical (unpaired) electrons. The van der Waals surface area contributed by atoms with Gasteiger partial charge in [0, 0.05) is 18.9 Å². The van der Waals surface area contributed by atoms with Crippen molar-refractivity contribution in [2.75, 3.05) is 0 Å². The van der Waals surface area contributed by atoms with Gasteiger partial charge in [0.05, 0.1) is 5.92 Å². The van der Waals surface area contributed by atoms with Gasteiger partial charge in [-0.15, -0.1) is 0 Å². The number of ether oxygens (including phenoxy) is 2. The topological polar surface area (TPSA) is 52.6 Å². The fourth-order valence-corrected chi connectivity index (χ4v) is 2.01. The van der Waals surface area contributed by atoms with Crippen LogP contribution in [0.5, 0.6) is 0 Å². The van der Waals surface area contributed by atoms with Crippen LogP contribution < -0.4 is 0 Å². The summed E-state index contributed by atoms with van der Waals surface area (Å²) in [6.45, 7) is 3.31. The Balaban J connectivity index is 2.11. The van der Waals surface area contributed by atoms with E-state index < -0.39 is 11.8 Å². The molecule has 0 unspecified atom stereocenters. The summed E-state index contributed by atoms with van der Waals surface area (Å²) in [5.41, 5.74) is 0. The molecule has 0 aromatic carbocycles. The number of hydrogen-bond donors (Lipinski definition) is 0. The Morgan fingerprint density at radius 3 is 2.71 bits per heavy atom. The zero-order valence-electron chi connectivity index (χ0n) is 7.82. The van der Waals surface area contributed by atoms with Gasteiger partial charge in [0.15, 0.2) is 0 Å². The third kappa shape index (κ3) is 1.41. The maximum atomic E-state index is 11.3. The van der Waals surface area contributed by atoms with Gasteiger partial charge < -0.3 is 9.47 Å². The first-order valence-electron chi connectivity index (χ1n) is 4.73. The molecular formula is C10H12O4. The molecule has 0 aromatic rings. The Morgan fingerprint density at radius 1 is 1.57 bits per heavy atom. The lowest BCUT2D eigenvalue weighted by Gasteiger charge is -2.43. The Labute approximate surface area is 81.9 Å². The van der Waals surface area contributed by atoms with Crippen molar-refractivity contribution in [2.45, 2.75) is 31.5 Å². The van der Waals surface area contributed by atoms with E-state index in [1.54, 1.807) is 0 Å². The molecule has 3 aliphatic rings. The number of carbonyl (C=O) groups excluding carboxylic acids is 2. The minimum atomic E-state index is -0.989. The van der Waals surface area contributed by atoms with Crippen LogP contribution in [0.15, 0.2) is 12.7 Å². The van der Waals surface area contributed by atoms with Gasteiger partial charge in [-0.3, -0.25) is 4.79 Å². The summed E-state index contributed by atoms with van der Waals surface area (Å²) in [5, 5.41) is 0. The van der Waals surface area contributed by atoms with Crippen molar-refractivity contribution in [1.82, 2.24) is 0 Å². The van der Waals surface area contributed by atoms with Crippen LogP contribution >= 0.6 is 0 Å². The van der Waals surface area contributed by atoms with Crippen LogP contribution in [-0.2, 0) is 19.1 Å². The Bertz CT molecular complexity index is 286. The smallest absolute Gasteiger partial charge is 0.333 e. The average Bonchev–Trinajstić information content (AvgIpc) is 2.18. The van der Waals surface area contributed by atoms with Crippen LogP contribution in [0.4, 0.5) is 0 Å². The predicted molar refractivity (Wildman–Crippen MR) is 47.1 cm³/mol. The first-order valence-corrected chi connectivity index (χ1v) is 4.73. The third-order valence-electron chi connectivity index (χ3n) is 2.82. The van der Waals surface area contributed by atoms with Gasteiger partial charge in [0.25, 0.3) is 5.79 Å². The number of hydrogen-bond acceptors (Lipinski definition) is 4. The molecular weight excluding hydrogens is 184 g/mol. The molecule has 2 saturated heterocycles. The highest BCUT2D eigenvalue weighted by Gasteiger charge is 2.49. The minimum Gasteiger partial charge on any atom is -0.422 e. The standard InChI is InChI=1S/C10H12O4/c1-2-8(11)13-10-5-3-7(4-6-10)9(12)14-10/h2,7H,1,3-6H2. The van der Waals surface area contributed by atoms with Gasteiger partial charge in [0.1, 0.15) is 0 Å². The van der Waals surface area contributed by atoms with Gasteiger partial charge in [-0.2, -0.15) is 0 Å². The maximum absolute atomic E-state index is 11.3. The lowest BCUT2D eigenvalue weighted by atomic mass is 9.82. The summed E-state index contributed by atoms with van der Waals surface area (Å²) in [6, 6.07) is 0. The molecule has 0 spiro atoms. The summed E-state index contributed by atoms with van der Waals surface area (Å²) in [5.74, 6) is -1.74. The summed E-state index contributed by atoms with van der Waals surface area (Å²) in [4.78, 5) is 22.3. The number of fused-ring (bicyclic) bond motifs is 3. The van der Waals surface area contributed by atoms with Crippen molar-refractivity contribution >= 4 is 11.9 Å². The fraction of sp³-hybridized carbons (Fsp3) is 0.600. The summed E-state index contributed by atoms with van der Waals surface area (Å²) < 4.78 is 10.2. The normalized spacial score (nSPS) is 34.9. The number of rotatable bonds is 2. The molecule has 0 aromatic heterocycles. The van der Waals surface area contributed by atoms with E-state index in [0.717, 1.165) is 18.9 Å². The fourth-order valence-electron chi connectivity index (χ4n) is 2.01. The summed E-state index contributed by atoms with van der Waals surface area (Å²) in [7, 11) is 0. The highest BCUT2D eigenvalue weighted by Crippen LogP contribution is 2.42. The second kappa shape index (κ2) is 3.12. The molecule has 2 heterocycles. The van der Waals surface area contributed by atoms with E-state index in [1.165, 1.54) is 0 Å². The molecule has 3 fully saturated rings. The van der Waals surface area contributed by atoms with Crippen LogP contribution in [0.2, 0.25) is 0 Å². The molecule has 2 aliphatic heterocycles. The van der Waals surface area contributed by atoms with E-state index in [4.69, 9.17) is 9.47 Å². The molecule has 1 aliphatic carbocycles. The Hall–Kier alpha value is -1.32. The predicted octanol–water partition coefficient (Wildman–Crippen LogP) is 1.16. The van der Waals surface area contributed by atoms with Crippen molar-refractivity contribution < 1.29 is 19.1 Å². The van der Waals surface area contributed by atoms with Gasteiger partial charge >= 0.3 is 11.9 Å². The summed E-state index contributed by atoms with van der Waals surface area (Å²) in [6.07, 6.45) is 3.82. The lowest BCUT2D eigenvalue weighted by Crippen LogP contribution is -2.50. The third-order valence-corrected chi connectivity index (χ3v) is 2.82. The largest absolute Gasteiger partial charge is 0.422 e. The molecule has 2 bridgehead atoms. The highest BCUT2D eigenvalue weighted by molar-refractivity contribution is 5.82. The van der Waals surface area contributed by atoms with Crippen molar-refractivity contribution in [3.8, 4) is 0 Å². The van der Waals surface area contributed by atoms with Crippen LogP contribution in [0.25, 0.3) is 0 Å². The van der Waals surface area contributed by atoms with E-state index in [1.807, 2.05) is 0 Å². The van der Waals surface area contributed by atoms with Crippen molar-refractivity contribution in [2.24, 2.45) is 5.92 Å². The Kier molecular flexibility index (Phi) is 2.06. The monoisotopic (exact) mass is 196 g/mol. The van der Waals surface area contributed by atoms with Crippen LogP contribution in [-0.4, -0.2) is 17.7 Å². The molecule has 4 nitrogen and oxygen atoms in total. The zero-order chi connectivity index (χ0) is 10.2. The summed E-state index contributed by atoms with van der Waals surface area (Å²) >= 11 is 0. The molecule has 14 heavy (non-hydrogen) atoms. The SMILES string of the molecule is C=CC(=O)OC12CCC(CC1)C(=O)O2.